The molecule has 96 valence electrons. The lowest BCUT2D eigenvalue weighted by molar-refractivity contribution is -0.136. The number of benzene rings is 1. The van der Waals surface area contributed by atoms with Gasteiger partial charge in [0.1, 0.15) is 5.75 Å². The molecular formula is C12H11F2NO3. The number of halogens is 2. The highest BCUT2D eigenvalue weighted by molar-refractivity contribution is 5.67. The van der Waals surface area contributed by atoms with Crippen molar-refractivity contribution in [1.29, 1.82) is 5.26 Å². The number of carboxylic acid groups (broad SMARTS) is 1. The summed E-state index contributed by atoms with van der Waals surface area (Å²) in [5.41, 5.74) is 1.16. The zero-order chi connectivity index (χ0) is 13.5. The van der Waals surface area contributed by atoms with Crippen LogP contribution in [-0.4, -0.2) is 17.7 Å². The van der Waals surface area contributed by atoms with Gasteiger partial charge in [-0.2, -0.15) is 14.0 Å². The lowest BCUT2D eigenvalue weighted by Gasteiger charge is -2.09. The lowest BCUT2D eigenvalue weighted by Crippen LogP contribution is -2.04. The molecule has 0 bridgehead atoms. The Morgan fingerprint density at radius 3 is 2.72 bits per heavy atom. The molecule has 0 atom stereocenters. The van der Waals surface area contributed by atoms with E-state index in [0.29, 0.717) is 11.1 Å². The Morgan fingerprint density at radius 1 is 1.44 bits per heavy atom. The van der Waals surface area contributed by atoms with Gasteiger partial charge in [-0.25, -0.2) is 0 Å². The quantitative estimate of drug-likeness (QED) is 0.847. The molecular weight excluding hydrogens is 244 g/mol. The summed E-state index contributed by atoms with van der Waals surface area (Å²) in [6.45, 7) is -2.93. The number of carboxylic acids is 1. The third-order valence-electron chi connectivity index (χ3n) is 2.28. The Balaban J connectivity index is 2.89. The maximum absolute atomic E-state index is 12.0. The van der Waals surface area contributed by atoms with Crippen LogP contribution in [0.5, 0.6) is 5.75 Å². The van der Waals surface area contributed by atoms with Crippen LogP contribution in [0.15, 0.2) is 18.2 Å². The number of nitrogens with zero attached hydrogens (tertiary/aromatic N) is 1. The van der Waals surface area contributed by atoms with Gasteiger partial charge >= 0.3 is 12.6 Å². The van der Waals surface area contributed by atoms with Gasteiger partial charge in [-0.05, 0) is 29.7 Å². The standard InChI is InChI=1S/C12H11F2NO3/c13-12(14)18-10-3-1-8(2-4-11(16)17)9(7-10)5-6-15/h1,3,7,12H,2,4-5H2,(H,16,17). The van der Waals surface area contributed by atoms with Gasteiger partial charge in [0.2, 0.25) is 0 Å². The maximum Gasteiger partial charge on any atom is 0.387 e. The Hall–Kier alpha value is -2.16. The van der Waals surface area contributed by atoms with Crippen LogP contribution in [0.25, 0.3) is 0 Å². The van der Waals surface area contributed by atoms with Crippen molar-refractivity contribution in [2.75, 3.05) is 0 Å². The normalized spacial score (nSPS) is 10.1. The Bertz CT molecular complexity index is 469. The fraction of sp³-hybridized carbons (Fsp3) is 0.333. The van der Waals surface area contributed by atoms with Crippen LogP contribution in [0.1, 0.15) is 17.5 Å². The van der Waals surface area contributed by atoms with E-state index in [-0.39, 0.29) is 25.0 Å². The number of hydrogen-bond donors (Lipinski definition) is 1. The first kappa shape index (κ1) is 13.9. The van der Waals surface area contributed by atoms with Gasteiger partial charge in [0, 0.05) is 6.42 Å². The Morgan fingerprint density at radius 2 is 2.17 bits per heavy atom. The summed E-state index contributed by atoms with van der Waals surface area (Å²) in [6, 6.07) is 6.09. The van der Waals surface area contributed by atoms with E-state index in [1.54, 1.807) is 0 Å². The number of rotatable bonds is 6. The smallest absolute Gasteiger partial charge is 0.387 e. The Kier molecular flexibility index (Phi) is 5.06. The second-order valence-corrected chi connectivity index (χ2v) is 3.54. The van der Waals surface area contributed by atoms with Crippen LogP contribution < -0.4 is 4.74 Å². The van der Waals surface area contributed by atoms with E-state index in [2.05, 4.69) is 4.74 Å². The molecule has 1 rings (SSSR count). The molecule has 0 aliphatic carbocycles. The monoisotopic (exact) mass is 255 g/mol. The topological polar surface area (TPSA) is 70.3 Å². The minimum Gasteiger partial charge on any atom is -0.481 e. The van der Waals surface area contributed by atoms with E-state index < -0.39 is 12.6 Å². The fourth-order valence-corrected chi connectivity index (χ4v) is 1.51. The van der Waals surface area contributed by atoms with E-state index in [1.165, 1.54) is 18.2 Å². The first-order chi connectivity index (χ1) is 8.52. The van der Waals surface area contributed by atoms with Crippen molar-refractivity contribution in [3.63, 3.8) is 0 Å². The molecule has 0 aliphatic rings. The average Bonchev–Trinajstić information content (AvgIpc) is 2.27. The first-order valence-corrected chi connectivity index (χ1v) is 5.18. The number of alkyl halides is 2. The zero-order valence-corrected chi connectivity index (χ0v) is 9.40. The second-order valence-electron chi connectivity index (χ2n) is 3.54. The largest absolute Gasteiger partial charge is 0.481 e. The van der Waals surface area contributed by atoms with Crippen molar-refractivity contribution in [3.05, 3.63) is 29.3 Å². The van der Waals surface area contributed by atoms with Gasteiger partial charge in [0.05, 0.1) is 12.5 Å². The molecule has 6 heteroatoms. The molecule has 0 radical (unpaired) electrons. The molecule has 0 saturated carbocycles. The van der Waals surface area contributed by atoms with Gasteiger partial charge in [0.25, 0.3) is 0 Å². The number of carbonyl (C=O) groups is 1. The van der Waals surface area contributed by atoms with Gasteiger partial charge in [0.15, 0.2) is 0 Å². The van der Waals surface area contributed by atoms with Crippen molar-refractivity contribution in [2.45, 2.75) is 25.9 Å². The van der Waals surface area contributed by atoms with Crippen molar-refractivity contribution in [3.8, 4) is 11.8 Å². The second kappa shape index (κ2) is 6.55. The average molecular weight is 255 g/mol. The zero-order valence-electron chi connectivity index (χ0n) is 9.40. The highest BCUT2D eigenvalue weighted by atomic mass is 19.3. The van der Waals surface area contributed by atoms with Crippen LogP contribution in [0.4, 0.5) is 8.78 Å². The minimum atomic E-state index is -2.93. The van der Waals surface area contributed by atoms with E-state index in [0.717, 1.165) is 0 Å². The van der Waals surface area contributed by atoms with E-state index >= 15 is 0 Å². The molecule has 18 heavy (non-hydrogen) atoms. The minimum absolute atomic E-state index is 0.0232. The number of hydrogen-bond acceptors (Lipinski definition) is 3. The molecule has 0 fully saturated rings. The molecule has 1 aromatic carbocycles. The van der Waals surface area contributed by atoms with Gasteiger partial charge in [-0.1, -0.05) is 6.07 Å². The van der Waals surface area contributed by atoms with Gasteiger partial charge < -0.3 is 9.84 Å². The third-order valence-corrected chi connectivity index (χ3v) is 2.28. The molecule has 0 saturated heterocycles. The highest BCUT2D eigenvalue weighted by Crippen LogP contribution is 2.21. The lowest BCUT2D eigenvalue weighted by atomic mass is 10.0. The van der Waals surface area contributed by atoms with Gasteiger partial charge in [-0.3, -0.25) is 4.79 Å². The summed E-state index contributed by atoms with van der Waals surface area (Å²) in [5.74, 6) is -0.986. The third kappa shape index (κ3) is 4.37. The van der Waals surface area contributed by atoms with Crippen LogP contribution >= 0.6 is 0 Å². The Labute approximate surface area is 102 Å². The number of nitriles is 1. The summed E-state index contributed by atoms with van der Waals surface area (Å²) in [5, 5.41) is 17.2. The van der Waals surface area contributed by atoms with Gasteiger partial charge in [-0.15, -0.1) is 0 Å². The van der Waals surface area contributed by atoms with Crippen LogP contribution in [0.3, 0.4) is 0 Å². The molecule has 0 aliphatic heterocycles. The summed E-state index contributed by atoms with van der Waals surface area (Å²) in [4.78, 5) is 10.5. The summed E-state index contributed by atoms with van der Waals surface area (Å²) in [6.07, 6.45) is 0.199. The number of aliphatic carboxylic acids is 1. The fourth-order valence-electron chi connectivity index (χ4n) is 1.51. The van der Waals surface area contributed by atoms with Crippen molar-refractivity contribution < 1.29 is 23.4 Å². The van der Waals surface area contributed by atoms with Crippen molar-refractivity contribution >= 4 is 5.97 Å². The number of aryl methyl sites for hydroxylation is 1. The summed E-state index contributed by atoms with van der Waals surface area (Å²) >= 11 is 0. The summed E-state index contributed by atoms with van der Waals surface area (Å²) < 4.78 is 28.3. The van der Waals surface area contributed by atoms with E-state index in [4.69, 9.17) is 10.4 Å². The molecule has 1 aromatic rings. The molecule has 0 unspecified atom stereocenters. The van der Waals surface area contributed by atoms with E-state index in [1.807, 2.05) is 6.07 Å². The molecule has 0 heterocycles. The predicted molar refractivity (Wildman–Crippen MR) is 58.3 cm³/mol. The highest BCUT2D eigenvalue weighted by Gasteiger charge is 2.09. The molecule has 4 nitrogen and oxygen atoms in total. The first-order valence-electron chi connectivity index (χ1n) is 5.18. The van der Waals surface area contributed by atoms with Crippen molar-refractivity contribution in [1.82, 2.24) is 0 Å². The summed E-state index contributed by atoms with van der Waals surface area (Å²) in [7, 11) is 0. The molecule has 0 spiro atoms. The molecule has 0 aromatic heterocycles. The van der Waals surface area contributed by atoms with Crippen LogP contribution in [-0.2, 0) is 17.6 Å². The van der Waals surface area contributed by atoms with E-state index in [9.17, 15) is 13.6 Å². The molecule has 1 N–H and O–H groups in total. The maximum atomic E-state index is 12.0. The molecule has 0 amide bonds. The van der Waals surface area contributed by atoms with Crippen LogP contribution in [0.2, 0.25) is 0 Å². The van der Waals surface area contributed by atoms with Crippen LogP contribution in [0, 0.1) is 11.3 Å². The van der Waals surface area contributed by atoms with Crippen molar-refractivity contribution in [2.24, 2.45) is 0 Å². The number of ether oxygens (including phenoxy) is 1. The SMILES string of the molecule is N#CCc1cc(OC(F)F)ccc1CCC(=O)O. The predicted octanol–water partition coefficient (Wildman–Crippen LogP) is 2.37.